The highest BCUT2D eigenvalue weighted by Gasteiger charge is 2.51. The predicted molar refractivity (Wildman–Crippen MR) is 78.5 cm³/mol. The highest BCUT2D eigenvalue weighted by atomic mass is 35.5. The van der Waals surface area contributed by atoms with Crippen molar-refractivity contribution < 1.29 is 22.0 Å². The first-order valence-corrected chi connectivity index (χ1v) is 7.86. The summed E-state index contributed by atoms with van der Waals surface area (Å²) in [5.74, 6) is 2.73. The summed E-state index contributed by atoms with van der Waals surface area (Å²) in [5.41, 5.74) is 4.42. The molecule has 3 heterocycles. The summed E-state index contributed by atoms with van der Waals surface area (Å²) in [7, 11) is 1.75. The van der Waals surface area contributed by atoms with Crippen LogP contribution in [0.4, 0.5) is 0 Å². The van der Waals surface area contributed by atoms with Crippen molar-refractivity contribution in [3.8, 4) is 5.75 Å². The van der Waals surface area contributed by atoms with E-state index in [0.29, 0.717) is 0 Å². The van der Waals surface area contributed by atoms with Gasteiger partial charge in [0.25, 0.3) is 0 Å². The van der Waals surface area contributed by atoms with E-state index in [1.54, 1.807) is 18.4 Å². The summed E-state index contributed by atoms with van der Waals surface area (Å²) in [5, 5.41) is 1.39. The molecule has 0 spiro atoms. The molecule has 4 heteroatoms. The molecular formula is C17H21ClN2O. The molecule has 1 saturated carbocycles. The van der Waals surface area contributed by atoms with Crippen molar-refractivity contribution in [2.75, 3.05) is 20.2 Å². The minimum atomic E-state index is 0. The fraction of sp³-hybridized carbons (Fsp3) is 0.529. The zero-order valence-electron chi connectivity index (χ0n) is 12.3. The Morgan fingerprint density at radius 3 is 3.00 bits per heavy atom. The van der Waals surface area contributed by atoms with Gasteiger partial charge in [-0.25, -0.2) is 0 Å². The van der Waals surface area contributed by atoms with Gasteiger partial charge in [-0.2, -0.15) is 0 Å². The van der Waals surface area contributed by atoms with E-state index in [2.05, 4.69) is 23.2 Å². The van der Waals surface area contributed by atoms with Crippen molar-refractivity contribution in [2.45, 2.75) is 31.2 Å². The summed E-state index contributed by atoms with van der Waals surface area (Å²) in [6.07, 6.45) is 4.08. The van der Waals surface area contributed by atoms with Crippen LogP contribution in [0.2, 0.25) is 0 Å². The number of H-pyrrole nitrogens is 1. The van der Waals surface area contributed by atoms with Crippen LogP contribution in [0.5, 0.6) is 5.75 Å². The zero-order valence-corrected chi connectivity index (χ0v) is 13.0. The SMILES string of the molecule is COc1ccc2[nH]c3c(c2c1)CC[NH+]1C[C@H]2C[C@@H]3[C@@H]1C2.[Cl-]. The topological polar surface area (TPSA) is 29.5 Å². The van der Waals surface area contributed by atoms with Crippen LogP contribution in [0.3, 0.4) is 0 Å². The van der Waals surface area contributed by atoms with Gasteiger partial charge in [0.15, 0.2) is 0 Å². The van der Waals surface area contributed by atoms with Crippen molar-refractivity contribution in [2.24, 2.45) is 5.92 Å². The Balaban J connectivity index is 0.00000115. The van der Waals surface area contributed by atoms with E-state index >= 15 is 0 Å². The Labute approximate surface area is 131 Å². The molecule has 3 aliphatic rings. The van der Waals surface area contributed by atoms with Crippen LogP contribution in [-0.2, 0) is 6.42 Å². The summed E-state index contributed by atoms with van der Waals surface area (Å²) in [6.45, 7) is 2.74. The molecule has 1 aromatic carbocycles. The number of quaternary nitrogens is 1. The second-order valence-corrected chi connectivity index (χ2v) is 6.84. The lowest BCUT2D eigenvalue weighted by atomic mass is 9.93. The number of aromatic amines is 1. The van der Waals surface area contributed by atoms with Gasteiger partial charge in [-0.3, -0.25) is 0 Å². The number of rotatable bonds is 1. The quantitative estimate of drug-likeness (QED) is 0.660. The maximum atomic E-state index is 5.41. The second-order valence-electron chi connectivity index (χ2n) is 6.84. The summed E-state index contributed by atoms with van der Waals surface area (Å²) in [6, 6.07) is 7.35. The third kappa shape index (κ3) is 1.77. The van der Waals surface area contributed by atoms with E-state index < -0.39 is 0 Å². The molecular weight excluding hydrogens is 284 g/mol. The number of piperidine rings is 1. The van der Waals surface area contributed by atoms with Gasteiger partial charge >= 0.3 is 0 Å². The number of methoxy groups -OCH3 is 1. The molecule has 2 bridgehead atoms. The average Bonchev–Trinajstić information content (AvgIpc) is 3.14. The fourth-order valence-electron chi connectivity index (χ4n) is 5.14. The zero-order chi connectivity index (χ0) is 13.3. The number of benzene rings is 1. The summed E-state index contributed by atoms with van der Waals surface area (Å²) < 4.78 is 5.41. The molecule has 2 aliphatic heterocycles. The van der Waals surface area contributed by atoms with Crippen LogP contribution < -0.4 is 22.0 Å². The molecule has 1 unspecified atom stereocenters. The molecule has 2 N–H and O–H groups in total. The Hall–Kier alpha value is -1.19. The molecule has 1 aromatic heterocycles. The van der Waals surface area contributed by atoms with Crippen LogP contribution in [0.1, 0.15) is 30.0 Å². The lowest BCUT2D eigenvalue weighted by Gasteiger charge is -2.27. The van der Waals surface area contributed by atoms with Gasteiger partial charge in [-0.05, 0) is 30.2 Å². The van der Waals surface area contributed by atoms with Crippen molar-refractivity contribution in [3.63, 3.8) is 0 Å². The van der Waals surface area contributed by atoms with Gasteiger partial charge in [-0.15, -0.1) is 0 Å². The first-order chi connectivity index (χ1) is 9.83. The van der Waals surface area contributed by atoms with Gasteiger partial charge in [-0.1, -0.05) is 0 Å². The molecule has 0 radical (unpaired) electrons. The van der Waals surface area contributed by atoms with Gasteiger partial charge in [0.2, 0.25) is 0 Å². The van der Waals surface area contributed by atoms with Crippen molar-refractivity contribution in [1.82, 2.24) is 4.98 Å². The van der Waals surface area contributed by atoms with E-state index in [-0.39, 0.29) is 12.4 Å². The van der Waals surface area contributed by atoms with E-state index in [0.717, 1.165) is 23.6 Å². The number of aromatic nitrogens is 1. The molecule has 3 nitrogen and oxygen atoms in total. The first kappa shape index (κ1) is 13.5. The molecule has 5 rings (SSSR count). The molecule has 2 fully saturated rings. The monoisotopic (exact) mass is 304 g/mol. The second kappa shape index (κ2) is 4.65. The molecule has 1 aliphatic carbocycles. The summed E-state index contributed by atoms with van der Waals surface area (Å²) >= 11 is 0. The van der Waals surface area contributed by atoms with E-state index in [4.69, 9.17) is 4.74 Å². The minimum Gasteiger partial charge on any atom is -1.00 e. The van der Waals surface area contributed by atoms with Crippen molar-refractivity contribution >= 4 is 10.9 Å². The van der Waals surface area contributed by atoms with E-state index in [1.807, 2.05) is 4.90 Å². The largest absolute Gasteiger partial charge is 1.00 e. The maximum absolute atomic E-state index is 5.41. The van der Waals surface area contributed by atoms with Crippen molar-refractivity contribution in [3.05, 3.63) is 29.5 Å². The van der Waals surface area contributed by atoms with Gasteiger partial charge in [0, 0.05) is 35.4 Å². The number of hydrogen-bond acceptors (Lipinski definition) is 1. The van der Waals surface area contributed by atoms with Crippen LogP contribution >= 0.6 is 0 Å². The van der Waals surface area contributed by atoms with Gasteiger partial charge < -0.3 is 27.0 Å². The third-order valence-corrected chi connectivity index (χ3v) is 5.95. The maximum Gasteiger partial charge on any atom is 0.119 e. The van der Waals surface area contributed by atoms with Crippen LogP contribution in [0, 0.1) is 5.92 Å². The Morgan fingerprint density at radius 2 is 2.19 bits per heavy atom. The Kier molecular flexibility index (Phi) is 2.98. The number of halogens is 1. The van der Waals surface area contributed by atoms with E-state index in [9.17, 15) is 0 Å². The van der Waals surface area contributed by atoms with E-state index in [1.165, 1.54) is 43.3 Å². The molecule has 112 valence electrons. The standard InChI is InChI=1S/C17H20N2O.ClH/c1-20-11-2-3-15-13(8-11)12-4-5-19-9-10-6-14(16(19)7-10)17(12)18-15;/h2-3,8,10,14,16,18H,4-7,9H2,1H3;1H/t10-,14+,16-;/m0./s1. The number of hydrogen-bond donors (Lipinski definition) is 2. The molecule has 2 aromatic rings. The third-order valence-electron chi connectivity index (χ3n) is 5.95. The van der Waals surface area contributed by atoms with Gasteiger partial charge in [0.05, 0.1) is 32.2 Å². The summed E-state index contributed by atoms with van der Waals surface area (Å²) in [4.78, 5) is 5.62. The molecule has 4 atom stereocenters. The van der Waals surface area contributed by atoms with Crippen LogP contribution in [-0.4, -0.2) is 31.2 Å². The minimum absolute atomic E-state index is 0. The smallest absolute Gasteiger partial charge is 0.119 e. The predicted octanol–water partition coefficient (Wildman–Crippen LogP) is -1.50. The fourth-order valence-corrected chi connectivity index (χ4v) is 5.14. The number of fused-ring (bicyclic) bond motifs is 5. The lowest BCUT2D eigenvalue weighted by molar-refractivity contribution is -0.918. The highest BCUT2D eigenvalue weighted by Crippen LogP contribution is 2.44. The highest BCUT2D eigenvalue weighted by molar-refractivity contribution is 5.86. The van der Waals surface area contributed by atoms with Crippen LogP contribution in [0.25, 0.3) is 10.9 Å². The molecule has 21 heavy (non-hydrogen) atoms. The Morgan fingerprint density at radius 1 is 1.29 bits per heavy atom. The van der Waals surface area contributed by atoms with Crippen molar-refractivity contribution in [1.29, 1.82) is 0 Å². The lowest BCUT2D eigenvalue weighted by Crippen LogP contribution is -3.15. The molecule has 1 saturated heterocycles. The number of nitrogens with one attached hydrogen (secondary N) is 2. The number of ether oxygens (including phenoxy) is 1. The first-order valence-electron chi connectivity index (χ1n) is 7.86. The average molecular weight is 305 g/mol. The normalized spacial score (nSPS) is 32.6. The van der Waals surface area contributed by atoms with Crippen LogP contribution in [0.15, 0.2) is 18.2 Å². The van der Waals surface area contributed by atoms with Gasteiger partial charge in [0.1, 0.15) is 5.75 Å². The Bertz CT molecular complexity index is 695. The molecule has 0 amide bonds.